The molecule has 4 nitrogen and oxygen atoms in total. The van der Waals surface area contributed by atoms with Crippen LogP contribution >= 0.6 is 0 Å². The van der Waals surface area contributed by atoms with Gasteiger partial charge >= 0.3 is 0 Å². The van der Waals surface area contributed by atoms with Gasteiger partial charge in [-0.3, -0.25) is 4.90 Å². The molecule has 0 heterocycles. The van der Waals surface area contributed by atoms with Gasteiger partial charge in [0, 0.05) is 19.7 Å². The molecule has 4 heteroatoms. The van der Waals surface area contributed by atoms with Crippen LogP contribution in [-0.2, 0) is 4.74 Å². The quantitative estimate of drug-likeness (QED) is 0.684. The van der Waals surface area contributed by atoms with Crippen molar-refractivity contribution in [2.75, 3.05) is 26.8 Å². The Balaban J connectivity index is 4.06. The topological polar surface area (TPSA) is 62.3 Å². The van der Waals surface area contributed by atoms with Crippen LogP contribution in [0.1, 0.15) is 27.2 Å². The molecule has 0 rings (SSSR count). The zero-order chi connectivity index (χ0) is 11.9. The third kappa shape index (κ3) is 5.73. The molecular weight excluding hydrogens is 190 g/mol. The highest BCUT2D eigenvalue weighted by molar-refractivity contribution is 5.01. The Morgan fingerprint density at radius 3 is 2.60 bits per heavy atom. The molecule has 0 fully saturated rings. The Morgan fingerprint density at radius 2 is 2.20 bits per heavy atom. The smallest absolute Gasteiger partial charge is 0.102 e. The molecule has 2 N–H and O–H groups in total. The fourth-order valence-corrected chi connectivity index (χ4v) is 1.47. The fraction of sp³-hybridized carbons (Fsp3) is 0.909. The van der Waals surface area contributed by atoms with Crippen LogP contribution in [0.2, 0.25) is 0 Å². The van der Waals surface area contributed by atoms with E-state index in [2.05, 4.69) is 24.8 Å². The van der Waals surface area contributed by atoms with Crippen molar-refractivity contribution in [2.24, 2.45) is 5.73 Å². The number of methoxy groups -OCH3 is 1. The molecular formula is C11H23N3O. The summed E-state index contributed by atoms with van der Waals surface area (Å²) >= 11 is 0. The van der Waals surface area contributed by atoms with Crippen LogP contribution in [0.4, 0.5) is 0 Å². The van der Waals surface area contributed by atoms with Crippen molar-refractivity contribution < 1.29 is 4.74 Å². The summed E-state index contributed by atoms with van der Waals surface area (Å²) in [5, 5.41) is 8.80. The summed E-state index contributed by atoms with van der Waals surface area (Å²) in [6.45, 7) is 8.48. The van der Waals surface area contributed by atoms with Crippen LogP contribution in [0.3, 0.4) is 0 Å². The van der Waals surface area contributed by atoms with Gasteiger partial charge in [0.05, 0.1) is 12.7 Å². The number of rotatable bonds is 7. The minimum atomic E-state index is -0.722. The molecule has 0 radical (unpaired) electrons. The van der Waals surface area contributed by atoms with Gasteiger partial charge in [-0.25, -0.2) is 0 Å². The highest BCUT2D eigenvalue weighted by atomic mass is 16.5. The van der Waals surface area contributed by atoms with Gasteiger partial charge < -0.3 is 10.5 Å². The summed E-state index contributed by atoms with van der Waals surface area (Å²) in [6, 6.07) is 2.48. The molecule has 0 aromatic rings. The third-order valence-corrected chi connectivity index (χ3v) is 2.61. The molecule has 2 unspecified atom stereocenters. The van der Waals surface area contributed by atoms with Crippen molar-refractivity contribution in [1.29, 1.82) is 5.26 Å². The van der Waals surface area contributed by atoms with Crippen molar-refractivity contribution >= 4 is 0 Å². The molecule has 0 amide bonds. The number of likely N-dealkylation sites (N-methyl/N-ethyl adjacent to an activating group) is 1. The van der Waals surface area contributed by atoms with Crippen LogP contribution in [-0.4, -0.2) is 43.3 Å². The van der Waals surface area contributed by atoms with Gasteiger partial charge in [0.1, 0.15) is 5.54 Å². The van der Waals surface area contributed by atoms with Gasteiger partial charge in [0.25, 0.3) is 0 Å². The number of hydrogen-bond donors (Lipinski definition) is 1. The van der Waals surface area contributed by atoms with Crippen LogP contribution in [0.25, 0.3) is 0 Å². The molecule has 2 atom stereocenters. The Bertz CT molecular complexity index is 210. The maximum Gasteiger partial charge on any atom is 0.102 e. The molecule has 0 aliphatic carbocycles. The Hall–Kier alpha value is -0.630. The molecule has 88 valence electrons. The number of ether oxygens (including phenoxy) is 1. The monoisotopic (exact) mass is 213 g/mol. The average molecular weight is 213 g/mol. The van der Waals surface area contributed by atoms with Crippen LogP contribution in [0.5, 0.6) is 0 Å². The molecule has 0 aromatic heterocycles. The predicted molar refractivity (Wildman–Crippen MR) is 61.4 cm³/mol. The van der Waals surface area contributed by atoms with Gasteiger partial charge in [-0.1, -0.05) is 6.92 Å². The van der Waals surface area contributed by atoms with E-state index in [4.69, 9.17) is 15.7 Å². The summed E-state index contributed by atoms with van der Waals surface area (Å²) in [6.07, 6.45) is 0.686. The van der Waals surface area contributed by atoms with Gasteiger partial charge in [-0.15, -0.1) is 0 Å². The van der Waals surface area contributed by atoms with E-state index < -0.39 is 5.54 Å². The van der Waals surface area contributed by atoms with E-state index in [0.29, 0.717) is 19.1 Å². The summed E-state index contributed by atoms with van der Waals surface area (Å²) in [7, 11) is 1.70. The number of nitrogens with zero attached hydrogens (tertiary/aromatic N) is 2. The fourth-order valence-electron chi connectivity index (χ4n) is 1.47. The van der Waals surface area contributed by atoms with E-state index in [1.807, 2.05) is 0 Å². The molecule has 0 aromatic carbocycles. The van der Waals surface area contributed by atoms with Gasteiger partial charge in [0.15, 0.2) is 0 Å². The number of nitriles is 1. The summed E-state index contributed by atoms with van der Waals surface area (Å²) in [5.41, 5.74) is 5.05. The maximum absolute atomic E-state index is 8.80. The van der Waals surface area contributed by atoms with E-state index in [9.17, 15) is 0 Å². The zero-order valence-electron chi connectivity index (χ0n) is 10.3. The lowest BCUT2D eigenvalue weighted by Gasteiger charge is -2.29. The molecule has 0 spiro atoms. The Kier molecular flexibility index (Phi) is 6.50. The average Bonchev–Trinajstić information content (AvgIpc) is 2.19. The van der Waals surface area contributed by atoms with Crippen LogP contribution in [0, 0.1) is 11.3 Å². The first-order valence-electron chi connectivity index (χ1n) is 5.40. The molecule has 0 bridgehead atoms. The zero-order valence-corrected chi connectivity index (χ0v) is 10.3. The highest BCUT2D eigenvalue weighted by Crippen LogP contribution is 2.08. The van der Waals surface area contributed by atoms with Crippen LogP contribution < -0.4 is 5.73 Å². The largest absolute Gasteiger partial charge is 0.383 e. The summed E-state index contributed by atoms with van der Waals surface area (Å²) < 4.78 is 5.11. The molecule has 0 aliphatic rings. The van der Waals surface area contributed by atoms with E-state index in [1.54, 1.807) is 14.0 Å². The second-order valence-corrected chi connectivity index (χ2v) is 4.21. The lowest BCUT2D eigenvalue weighted by Crippen LogP contribution is -2.42. The molecule has 15 heavy (non-hydrogen) atoms. The van der Waals surface area contributed by atoms with E-state index in [-0.39, 0.29) is 0 Å². The van der Waals surface area contributed by atoms with Crippen molar-refractivity contribution in [1.82, 2.24) is 4.90 Å². The van der Waals surface area contributed by atoms with Gasteiger partial charge in [0.2, 0.25) is 0 Å². The standard InChI is InChI=1S/C11H23N3O/c1-5-14(10(2)8-15-4)7-6-11(3,13)9-12/h10H,5-8,13H2,1-4H3. The first kappa shape index (κ1) is 14.4. The second-order valence-electron chi connectivity index (χ2n) is 4.21. The highest BCUT2D eigenvalue weighted by Gasteiger charge is 2.20. The first-order valence-corrected chi connectivity index (χ1v) is 5.40. The van der Waals surface area contributed by atoms with Crippen LogP contribution in [0.15, 0.2) is 0 Å². The van der Waals surface area contributed by atoms with Gasteiger partial charge in [-0.05, 0) is 26.8 Å². The second kappa shape index (κ2) is 6.78. The van der Waals surface area contributed by atoms with E-state index in [0.717, 1.165) is 13.1 Å². The summed E-state index contributed by atoms with van der Waals surface area (Å²) in [4.78, 5) is 2.27. The summed E-state index contributed by atoms with van der Waals surface area (Å²) in [5.74, 6) is 0. The lowest BCUT2D eigenvalue weighted by atomic mass is 10.0. The van der Waals surface area contributed by atoms with Crippen molar-refractivity contribution in [2.45, 2.75) is 38.8 Å². The van der Waals surface area contributed by atoms with Gasteiger partial charge in [-0.2, -0.15) is 5.26 Å². The normalized spacial score (nSPS) is 17.1. The maximum atomic E-state index is 8.80. The third-order valence-electron chi connectivity index (χ3n) is 2.61. The minimum absolute atomic E-state index is 0.370. The first-order chi connectivity index (χ1) is 6.96. The number of nitrogens with two attached hydrogens (primary N) is 1. The molecule has 0 aliphatic heterocycles. The SMILES string of the molecule is CCN(CCC(C)(N)C#N)C(C)COC. The predicted octanol–water partition coefficient (Wildman–Crippen LogP) is 0.974. The Morgan fingerprint density at radius 1 is 1.60 bits per heavy atom. The lowest BCUT2D eigenvalue weighted by molar-refractivity contribution is 0.0993. The minimum Gasteiger partial charge on any atom is -0.383 e. The Labute approximate surface area is 93.0 Å². The van der Waals surface area contributed by atoms with Crippen molar-refractivity contribution in [3.8, 4) is 6.07 Å². The molecule has 0 saturated heterocycles. The van der Waals surface area contributed by atoms with Crippen molar-refractivity contribution in [3.63, 3.8) is 0 Å². The van der Waals surface area contributed by atoms with Crippen molar-refractivity contribution in [3.05, 3.63) is 0 Å². The molecule has 0 saturated carbocycles. The van der Waals surface area contributed by atoms with E-state index in [1.165, 1.54) is 0 Å². The number of hydrogen-bond acceptors (Lipinski definition) is 4. The van der Waals surface area contributed by atoms with E-state index >= 15 is 0 Å².